The first-order chi connectivity index (χ1) is 7.77. The molecule has 0 aliphatic heterocycles. The van der Waals surface area contributed by atoms with Crippen LogP contribution in [0, 0.1) is 0 Å². The third-order valence-electron chi connectivity index (χ3n) is 2.78. The van der Waals surface area contributed by atoms with Crippen molar-refractivity contribution in [1.29, 1.82) is 0 Å². The lowest BCUT2D eigenvalue weighted by atomic mass is 10.4. The monoisotopic (exact) mass is 224 g/mol. The highest BCUT2D eigenvalue weighted by molar-refractivity contribution is 4.97. The van der Waals surface area contributed by atoms with Crippen molar-refractivity contribution in [2.75, 3.05) is 26.7 Å². The zero-order chi connectivity index (χ0) is 11.8. The first-order valence-corrected chi connectivity index (χ1v) is 6.16. The summed E-state index contributed by atoms with van der Waals surface area (Å²) in [6.45, 7) is 9.57. The summed E-state index contributed by atoms with van der Waals surface area (Å²) in [6.07, 6.45) is 5.02. The summed E-state index contributed by atoms with van der Waals surface area (Å²) in [7, 11) is 2.14. The summed E-state index contributed by atoms with van der Waals surface area (Å²) in [5, 5.41) is 3.45. The van der Waals surface area contributed by atoms with Gasteiger partial charge in [0.1, 0.15) is 0 Å². The number of likely N-dealkylation sites (N-methyl/N-ethyl adjacent to an activating group) is 1. The number of hydrogen-bond acceptors (Lipinski definition) is 3. The molecule has 0 atom stereocenters. The standard InChI is InChI=1S/C12H24N4/c1-4-7-16-11-14-10-12(16)9-13-6-8-15(3)5-2/h10-11,13H,4-9H2,1-3H3. The molecule has 0 saturated carbocycles. The van der Waals surface area contributed by atoms with Gasteiger partial charge < -0.3 is 14.8 Å². The Morgan fingerprint density at radius 3 is 2.94 bits per heavy atom. The van der Waals surface area contributed by atoms with E-state index in [0.717, 1.165) is 39.1 Å². The van der Waals surface area contributed by atoms with Crippen LogP contribution in [0.15, 0.2) is 12.5 Å². The molecule has 0 bridgehead atoms. The van der Waals surface area contributed by atoms with E-state index in [-0.39, 0.29) is 0 Å². The van der Waals surface area contributed by atoms with Gasteiger partial charge in [0, 0.05) is 32.4 Å². The van der Waals surface area contributed by atoms with Gasteiger partial charge in [-0.2, -0.15) is 0 Å². The third-order valence-corrected chi connectivity index (χ3v) is 2.78. The van der Waals surface area contributed by atoms with Crippen LogP contribution in [0.25, 0.3) is 0 Å². The van der Waals surface area contributed by atoms with Gasteiger partial charge in [-0.1, -0.05) is 13.8 Å². The number of nitrogens with zero attached hydrogens (tertiary/aromatic N) is 3. The van der Waals surface area contributed by atoms with Gasteiger partial charge in [-0.15, -0.1) is 0 Å². The molecule has 0 aromatic carbocycles. The van der Waals surface area contributed by atoms with Crippen molar-refractivity contribution in [3.63, 3.8) is 0 Å². The minimum atomic E-state index is 0.914. The van der Waals surface area contributed by atoms with Crippen molar-refractivity contribution in [3.05, 3.63) is 18.2 Å². The summed E-state index contributed by atoms with van der Waals surface area (Å²) >= 11 is 0. The summed E-state index contributed by atoms with van der Waals surface area (Å²) in [6, 6.07) is 0. The summed E-state index contributed by atoms with van der Waals surface area (Å²) < 4.78 is 2.22. The Kier molecular flexibility index (Phi) is 6.11. The third kappa shape index (κ3) is 4.33. The zero-order valence-corrected chi connectivity index (χ0v) is 10.7. The van der Waals surface area contributed by atoms with Crippen molar-refractivity contribution in [2.45, 2.75) is 33.4 Å². The van der Waals surface area contributed by atoms with Gasteiger partial charge in [0.15, 0.2) is 0 Å². The summed E-state index contributed by atoms with van der Waals surface area (Å²) in [5.74, 6) is 0. The molecule has 1 rings (SSSR count). The molecule has 1 aromatic heterocycles. The van der Waals surface area contributed by atoms with Gasteiger partial charge in [-0.05, 0) is 20.0 Å². The fraction of sp³-hybridized carbons (Fsp3) is 0.750. The maximum absolute atomic E-state index is 4.18. The van der Waals surface area contributed by atoms with E-state index in [1.54, 1.807) is 0 Å². The van der Waals surface area contributed by atoms with Crippen LogP contribution in [-0.2, 0) is 13.1 Å². The minimum Gasteiger partial charge on any atom is -0.333 e. The van der Waals surface area contributed by atoms with Crippen LogP contribution in [-0.4, -0.2) is 41.1 Å². The van der Waals surface area contributed by atoms with Gasteiger partial charge in [0.25, 0.3) is 0 Å². The molecular formula is C12H24N4. The highest BCUT2D eigenvalue weighted by atomic mass is 15.1. The van der Waals surface area contributed by atoms with Crippen LogP contribution in [0.3, 0.4) is 0 Å². The van der Waals surface area contributed by atoms with Crippen molar-refractivity contribution in [3.8, 4) is 0 Å². The van der Waals surface area contributed by atoms with Gasteiger partial charge in [0.05, 0.1) is 12.0 Å². The molecule has 0 amide bonds. The van der Waals surface area contributed by atoms with Crippen molar-refractivity contribution in [1.82, 2.24) is 19.8 Å². The van der Waals surface area contributed by atoms with Crippen LogP contribution in [0.1, 0.15) is 26.0 Å². The lowest BCUT2D eigenvalue weighted by molar-refractivity contribution is 0.348. The fourth-order valence-electron chi connectivity index (χ4n) is 1.58. The minimum absolute atomic E-state index is 0.914. The Labute approximate surface area is 98.7 Å². The van der Waals surface area contributed by atoms with Crippen LogP contribution in [0.5, 0.6) is 0 Å². The van der Waals surface area contributed by atoms with Crippen molar-refractivity contribution < 1.29 is 0 Å². The van der Waals surface area contributed by atoms with E-state index >= 15 is 0 Å². The highest BCUT2D eigenvalue weighted by Gasteiger charge is 2.00. The first kappa shape index (κ1) is 13.2. The summed E-state index contributed by atoms with van der Waals surface area (Å²) in [4.78, 5) is 6.49. The van der Waals surface area contributed by atoms with E-state index in [9.17, 15) is 0 Å². The second-order valence-corrected chi connectivity index (χ2v) is 4.15. The fourth-order valence-corrected chi connectivity index (χ4v) is 1.58. The van der Waals surface area contributed by atoms with Gasteiger partial charge in [-0.25, -0.2) is 4.98 Å². The van der Waals surface area contributed by atoms with Crippen LogP contribution < -0.4 is 5.32 Å². The van der Waals surface area contributed by atoms with Gasteiger partial charge in [-0.3, -0.25) is 0 Å². The van der Waals surface area contributed by atoms with Gasteiger partial charge >= 0.3 is 0 Å². The number of imidazole rings is 1. The van der Waals surface area contributed by atoms with Crippen LogP contribution >= 0.6 is 0 Å². The molecule has 0 aliphatic rings. The van der Waals surface area contributed by atoms with Crippen LogP contribution in [0.4, 0.5) is 0 Å². The van der Waals surface area contributed by atoms with Crippen LogP contribution in [0.2, 0.25) is 0 Å². The molecule has 0 radical (unpaired) electrons. The predicted octanol–water partition coefficient (Wildman–Crippen LogP) is 1.33. The molecule has 0 saturated heterocycles. The molecule has 16 heavy (non-hydrogen) atoms. The maximum atomic E-state index is 4.18. The topological polar surface area (TPSA) is 33.1 Å². The molecule has 4 nitrogen and oxygen atoms in total. The van der Waals surface area contributed by atoms with E-state index in [4.69, 9.17) is 0 Å². The lowest BCUT2D eigenvalue weighted by Gasteiger charge is -2.14. The Morgan fingerprint density at radius 1 is 1.44 bits per heavy atom. The van der Waals surface area contributed by atoms with E-state index in [0.29, 0.717) is 0 Å². The molecule has 0 unspecified atom stereocenters. The average Bonchev–Trinajstić information content (AvgIpc) is 2.72. The largest absolute Gasteiger partial charge is 0.333 e. The average molecular weight is 224 g/mol. The normalized spacial score (nSPS) is 11.2. The van der Waals surface area contributed by atoms with E-state index in [1.807, 2.05) is 12.5 Å². The van der Waals surface area contributed by atoms with Gasteiger partial charge in [0.2, 0.25) is 0 Å². The Bertz CT molecular complexity index is 282. The number of rotatable bonds is 8. The number of hydrogen-bond donors (Lipinski definition) is 1. The van der Waals surface area contributed by atoms with E-state index in [2.05, 4.69) is 40.7 Å². The summed E-state index contributed by atoms with van der Waals surface area (Å²) in [5.41, 5.74) is 1.28. The predicted molar refractivity (Wildman–Crippen MR) is 67.4 cm³/mol. The molecule has 0 fully saturated rings. The number of nitrogens with one attached hydrogen (secondary N) is 1. The van der Waals surface area contributed by atoms with Crippen molar-refractivity contribution >= 4 is 0 Å². The molecule has 1 N–H and O–H groups in total. The highest BCUT2D eigenvalue weighted by Crippen LogP contribution is 1.99. The SMILES string of the molecule is CCCn1cncc1CNCCN(C)CC. The van der Waals surface area contributed by atoms with Crippen molar-refractivity contribution in [2.24, 2.45) is 0 Å². The number of aromatic nitrogens is 2. The molecule has 0 spiro atoms. The Hall–Kier alpha value is -0.870. The molecule has 1 aromatic rings. The Morgan fingerprint density at radius 2 is 2.25 bits per heavy atom. The second-order valence-electron chi connectivity index (χ2n) is 4.15. The smallest absolute Gasteiger partial charge is 0.0948 e. The molecule has 0 aliphatic carbocycles. The maximum Gasteiger partial charge on any atom is 0.0948 e. The molecule has 92 valence electrons. The Balaban J connectivity index is 2.23. The van der Waals surface area contributed by atoms with E-state index < -0.39 is 0 Å². The molecular weight excluding hydrogens is 200 g/mol. The number of aryl methyl sites for hydroxylation is 1. The molecule has 1 heterocycles. The first-order valence-electron chi connectivity index (χ1n) is 6.16. The zero-order valence-electron chi connectivity index (χ0n) is 10.7. The quantitative estimate of drug-likeness (QED) is 0.676. The molecule has 4 heteroatoms. The lowest BCUT2D eigenvalue weighted by Crippen LogP contribution is -2.29. The van der Waals surface area contributed by atoms with E-state index in [1.165, 1.54) is 5.69 Å². The second kappa shape index (κ2) is 7.41.